The molecule has 6 heteroatoms. The molecule has 0 bridgehead atoms. The van der Waals surface area contributed by atoms with Crippen LogP contribution >= 0.6 is 11.6 Å². The van der Waals surface area contributed by atoms with Crippen molar-refractivity contribution in [1.82, 2.24) is 0 Å². The minimum absolute atomic E-state index is 0.105. The van der Waals surface area contributed by atoms with Gasteiger partial charge >= 0.3 is 5.97 Å². The Bertz CT molecular complexity index is 712. The van der Waals surface area contributed by atoms with Crippen LogP contribution in [0.5, 0.6) is 0 Å². The van der Waals surface area contributed by atoms with Crippen LogP contribution < -0.4 is 0 Å². The van der Waals surface area contributed by atoms with Gasteiger partial charge in [0, 0.05) is 11.1 Å². The highest BCUT2D eigenvalue weighted by atomic mass is 35.5. The van der Waals surface area contributed by atoms with Crippen molar-refractivity contribution in [3.05, 3.63) is 81.1 Å². The minimum atomic E-state index is -0.800. The Hall–Kier alpha value is -2.66. The van der Waals surface area contributed by atoms with Crippen LogP contribution in [0.3, 0.4) is 0 Å². The van der Waals surface area contributed by atoms with Crippen molar-refractivity contribution in [2.75, 3.05) is 0 Å². The van der Waals surface area contributed by atoms with Crippen LogP contribution in [0.15, 0.2) is 54.8 Å². The molecule has 0 N–H and O–H groups in total. The van der Waals surface area contributed by atoms with Gasteiger partial charge in [0.05, 0.1) is 11.2 Å². The molecule has 2 aromatic carbocycles. The molecule has 0 aliphatic heterocycles. The van der Waals surface area contributed by atoms with E-state index < -0.39 is 10.9 Å². The third-order valence-corrected chi connectivity index (χ3v) is 2.99. The van der Waals surface area contributed by atoms with Crippen LogP contribution in [0.1, 0.15) is 15.9 Å². The number of rotatable bonds is 4. The van der Waals surface area contributed by atoms with Crippen molar-refractivity contribution >= 4 is 29.3 Å². The van der Waals surface area contributed by atoms with Crippen molar-refractivity contribution in [3.8, 4) is 0 Å². The maximum Gasteiger partial charge on any atom is 0.349 e. The van der Waals surface area contributed by atoms with E-state index in [1.807, 2.05) is 0 Å². The van der Waals surface area contributed by atoms with E-state index in [0.717, 1.165) is 6.26 Å². The Balaban J connectivity index is 2.13. The zero-order valence-electron chi connectivity index (χ0n) is 10.7. The highest BCUT2D eigenvalue weighted by Crippen LogP contribution is 2.19. The molecule has 0 aromatic heterocycles. The Morgan fingerprint density at radius 3 is 2.52 bits per heavy atom. The Kier molecular flexibility index (Phi) is 4.68. The standard InChI is InChI=1S/C15H10ClNO4/c16-13-7-3-1-5-11(13)9-10-21-15(18)12-6-2-4-8-14(12)17(19)20/h1-10H/b10-9+. The van der Waals surface area contributed by atoms with Gasteiger partial charge in [0.15, 0.2) is 0 Å². The quantitative estimate of drug-likeness (QED) is 0.369. The average Bonchev–Trinajstić information content (AvgIpc) is 2.49. The van der Waals surface area contributed by atoms with Crippen molar-refractivity contribution in [2.45, 2.75) is 0 Å². The molecule has 0 amide bonds. The van der Waals surface area contributed by atoms with Crippen LogP contribution in [-0.2, 0) is 4.74 Å². The van der Waals surface area contributed by atoms with Gasteiger partial charge in [-0.1, -0.05) is 41.9 Å². The maximum absolute atomic E-state index is 11.8. The molecule has 0 aliphatic rings. The zero-order chi connectivity index (χ0) is 15.2. The Morgan fingerprint density at radius 2 is 1.81 bits per heavy atom. The summed E-state index contributed by atoms with van der Waals surface area (Å²) in [6.07, 6.45) is 2.66. The lowest BCUT2D eigenvalue weighted by atomic mass is 10.2. The fraction of sp³-hybridized carbons (Fsp3) is 0. The molecule has 2 rings (SSSR count). The number of hydrogen-bond acceptors (Lipinski definition) is 4. The number of nitro groups is 1. The van der Waals surface area contributed by atoms with Gasteiger partial charge in [-0.15, -0.1) is 0 Å². The summed E-state index contributed by atoms with van der Waals surface area (Å²) in [6, 6.07) is 12.6. The summed E-state index contributed by atoms with van der Waals surface area (Å²) in [4.78, 5) is 22.0. The summed E-state index contributed by atoms with van der Waals surface area (Å²) in [6.45, 7) is 0. The van der Waals surface area contributed by atoms with Gasteiger partial charge in [0.25, 0.3) is 5.69 Å². The number of nitro benzene ring substituents is 1. The predicted octanol–water partition coefficient (Wildman–Crippen LogP) is 4.08. The number of para-hydroxylation sites is 1. The molecule has 106 valence electrons. The average molecular weight is 304 g/mol. The summed E-state index contributed by atoms with van der Waals surface area (Å²) in [5.41, 5.74) is 0.273. The largest absolute Gasteiger partial charge is 0.431 e. The van der Waals surface area contributed by atoms with Crippen LogP contribution in [0.4, 0.5) is 5.69 Å². The fourth-order valence-corrected chi connectivity index (χ4v) is 1.85. The number of benzene rings is 2. The summed E-state index contributed by atoms with van der Waals surface area (Å²) < 4.78 is 4.90. The molecule has 0 spiro atoms. The van der Waals surface area contributed by atoms with E-state index in [1.54, 1.807) is 24.3 Å². The van der Waals surface area contributed by atoms with E-state index in [2.05, 4.69) is 0 Å². The van der Waals surface area contributed by atoms with Gasteiger partial charge in [0.2, 0.25) is 0 Å². The second-order valence-corrected chi connectivity index (χ2v) is 4.41. The topological polar surface area (TPSA) is 69.4 Å². The zero-order valence-corrected chi connectivity index (χ0v) is 11.5. The van der Waals surface area contributed by atoms with E-state index in [9.17, 15) is 14.9 Å². The summed E-state index contributed by atoms with van der Waals surface area (Å²) >= 11 is 5.94. The van der Waals surface area contributed by atoms with Gasteiger partial charge in [-0.3, -0.25) is 10.1 Å². The molecule has 2 aromatic rings. The first kappa shape index (κ1) is 14.7. The molecule has 0 heterocycles. The highest BCUT2D eigenvalue weighted by molar-refractivity contribution is 6.32. The SMILES string of the molecule is O=C(O/C=C/c1ccccc1Cl)c1ccccc1[N+](=O)[O-]. The van der Waals surface area contributed by atoms with Gasteiger partial charge in [0.1, 0.15) is 5.56 Å². The van der Waals surface area contributed by atoms with Gasteiger partial charge in [-0.25, -0.2) is 4.79 Å². The van der Waals surface area contributed by atoms with Gasteiger partial charge < -0.3 is 4.74 Å². The molecule has 0 unspecified atom stereocenters. The number of nitrogens with zero attached hydrogens (tertiary/aromatic N) is 1. The maximum atomic E-state index is 11.8. The van der Waals surface area contributed by atoms with E-state index >= 15 is 0 Å². The minimum Gasteiger partial charge on any atom is -0.431 e. The number of esters is 1. The van der Waals surface area contributed by atoms with Crippen molar-refractivity contribution in [2.24, 2.45) is 0 Å². The van der Waals surface area contributed by atoms with E-state index in [-0.39, 0.29) is 11.3 Å². The normalized spacial score (nSPS) is 10.5. The summed E-state index contributed by atoms with van der Waals surface area (Å²) in [5, 5.41) is 11.3. The van der Waals surface area contributed by atoms with Crippen LogP contribution in [0.25, 0.3) is 6.08 Å². The van der Waals surface area contributed by atoms with Gasteiger partial charge in [-0.05, 0) is 23.8 Å². The summed E-state index contributed by atoms with van der Waals surface area (Å²) in [5.74, 6) is -0.800. The predicted molar refractivity (Wildman–Crippen MR) is 79.0 cm³/mol. The Labute approximate surface area is 125 Å². The lowest BCUT2D eigenvalue weighted by Gasteiger charge is -2.01. The lowest BCUT2D eigenvalue weighted by molar-refractivity contribution is -0.385. The molecule has 0 saturated carbocycles. The van der Waals surface area contributed by atoms with Gasteiger partial charge in [-0.2, -0.15) is 0 Å². The van der Waals surface area contributed by atoms with Crippen LogP contribution in [0.2, 0.25) is 5.02 Å². The first-order valence-corrected chi connectivity index (χ1v) is 6.33. The van der Waals surface area contributed by atoms with E-state index in [1.165, 1.54) is 30.3 Å². The van der Waals surface area contributed by atoms with E-state index in [4.69, 9.17) is 16.3 Å². The number of carbonyl (C=O) groups is 1. The number of carbonyl (C=O) groups excluding carboxylic acids is 1. The molecule has 21 heavy (non-hydrogen) atoms. The molecule has 0 aliphatic carbocycles. The fourth-order valence-electron chi connectivity index (χ4n) is 1.65. The van der Waals surface area contributed by atoms with Crippen LogP contribution in [0, 0.1) is 10.1 Å². The third kappa shape index (κ3) is 3.67. The molecular weight excluding hydrogens is 294 g/mol. The lowest BCUT2D eigenvalue weighted by Crippen LogP contribution is -2.04. The molecular formula is C15H10ClNO4. The highest BCUT2D eigenvalue weighted by Gasteiger charge is 2.19. The van der Waals surface area contributed by atoms with Crippen molar-refractivity contribution in [3.63, 3.8) is 0 Å². The number of ether oxygens (including phenoxy) is 1. The number of halogens is 1. The monoisotopic (exact) mass is 303 g/mol. The molecule has 0 fully saturated rings. The van der Waals surface area contributed by atoms with E-state index in [0.29, 0.717) is 10.6 Å². The number of hydrogen-bond donors (Lipinski definition) is 0. The van der Waals surface area contributed by atoms with Crippen LogP contribution in [-0.4, -0.2) is 10.9 Å². The third-order valence-electron chi connectivity index (χ3n) is 2.65. The van der Waals surface area contributed by atoms with Crippen molar-refractivity contribution in [1.29, 1.82) is 0 Å². The second-order valence-electron chi connectivity index (χ2n) is 4.00. The molecule has 0 saturated heterocycles. The van der Waals surface area contributed by atoms with Crippen molar-refractivity contribution < 1.29 is 14.5 Å². The Morgan fingerprint density at radius 1 is 1.14 bits per heavy atom. The summed E-state index contributed by atoms with van der Waals surface area (Å²) in [7, 11) is 0. The molecule has 0 atom stereocenters. The first-order chi connectivity index (χ1) is 10.1. The molecule has 0 radical (unpaired) electrons. The first-order valence-electron chi connectivity index (χ1n) is 5.95. The smallest absolute Gasteiger partial charge is 0.349 e. The molecule has 5 nitrogen and oxygen atoms in total. The second kappa shape index (κ2) is 6.67.